The number of hydrogen-bond donors (Lipinski definition) is 0. The zero-order valence-corrected chi connectivity index (χ0v) is 19.6. The van der Waals surface area contributed by atoms with Gasteiger partial charge in [0.05, 0.1) is 16.6 Å². The van der Waals surface area contributed by atoms with Crippen molar-refractivity contribution in [2.24, 2.45) is 0 Å². The fourth-order valence-corrected chi connectivity index (χ4v) is 4.17. The van der Waals surface area contributed by atoms with Crippen LogP contribution in [0.3, 0.4) is 0 Å². The average molecular weight is 474 g/mol. The van der Waals surface area contributed by atoms with Crippen LogP contribution in [0.25, 0.3) is 50.9 Å². The van der Waals surface area contributed by atoms with Crippen molar-refractivity contribution in [1.82, 2.24) is 59.9 Å². The average Bonchev–Trinajstić information content (AvgIpc) is 3.59. The Morgan fingerprint density at radius 3 is 1.06 bits per heavy atom. The first-order valence-electron chi connectivity index (χ1n) is 11.3. The van der Waals surface area contributed by atoms with E-state index in [1.54, 1.807) is 14.0 Å². The lowest BCUT2D eigenvalue weighted by molar-refractivity contribution is 0.690. The normalized spacial score (nSPS) is 11.8. The number of aryl methyl sites for hydroxylation is 3. The summed E-state index contributed by atoms with van der Waals surface area (Å²) < 4.78 is 4.74. The molecule has 0 N–H and O–H groups in total. The van der Waals surface area contributed by atoms with Gasteiger partial charge in [0.25, 0.3) is 17.8 Å². The minimum Gasteiger partial charge on any atom is -0.177 e. The van der Waals surface area contributed by atoms with Gasteiger partial charge in [0.15, 0.2) is 0 Å². The second-order valence-corrected chi connectivity index (χ2v) is 8.72. The summed E-state index contributed by atoms with van der Waals surface area (Å²) >= 11 is 0. The summed E-state index contributed by atoms with van der Waals surface area (Å²) in [6.07, 6.45) is 0. The Labute approximate surface area is 203 Å². The zero-order valence-electron chi connectivity index (χ0n) is 19.6. The van der Waals surface area contributed by atoms with Gasteiger partial charge in [-0.1, -0.05) is 33.8 Å². The van der Waals surface area contributed by atoms with E-state index in [2.05, 4.69) is 30.9 Å². The van der Waals surface area contributed by atoms with Crippen molar-refractivity contribution < 1.29 is 0 Å². The highest BCUT2D eigenvalue weighted by Gasteiger charge is 2.19. The molecule has 0 bridgehead atoms. The lowest BCUT2D eigenvalue weighted by atomic mass is 10.2. The van der Waals surface area contributed by atoms with Crippen LogP contribution in [-0.4, -0.2) is 59.9 Å². The second-order valence-electron chi connectivity index (χ2n) is 8.72. The zero-order chi connectivity index (χ0) is 24.4. The van der Waals surface area contributed by atoms with Crippen LogP contribution in [0.15, 0.2) is 54.6 Å². The molecule has 0 unspecified atom stereocenters. The summed E-state index contributed by atoms with van der Waals surface area (Å²) in [4.78, 5) is 14.1. The molecule has 0 aliphatic heterocycles. The Bertz CT molecular complexity index is 1710. The van der Waals surface area contributed by atoms with Crippen molar-refractivity contribution in [2.75, 3.05) is 0 Å². The van der Waals surface area contributed by atoms with Gasteiger partial charge in [-0.05, 0) is 73.9 Å². The van der Waals surface area contributed by atoms with Crippen LogP contribution in [0.1, 0.15) is 16.7 Å². The third-order valence-electron chi connectivity index (χ3n) is 5.97. The largest absolute Gasteiger partial charge is 0.259 e. The lowest BCUT2D eigenvalue weighted by Crippen LogP contribution is -2.15. The Balaban J connectivity index is 1.50. The molecule has 0 fully saturated rings. The molecule has 36 heavy (non-hydrogen) atoms. The molecule has 7 rings (SSSR count). The van der Waals surface area contributed by atoms with Gasteiger partial charge in [0.1, 0.15) is 16.6 Å². The number of benzene rings is 3. The van der Waals surface area contributed by atoms with Crippen LogP contribution in [0, 0.1) is 20.8 Å². The van der Waals surface area contributed by atoms with Crippen molar-refractivity contribution in [3.63, 3.8) is 0 Å². The van der Waals surface area contributed by atoms with E-state index in [9.17, 15) is 0 Å². The molecular formula is C24H18N12. The van der Waals surface area contributed by atoms with E-state index in [1.807, 2.05) is 75.4 Å². The molecule has 0 atom stereocenters. The number of aromatic nitrogens is 12. The van der Waals surface area contributed by atoms with Gasteiger partial charge in [-0.25, -0.2) is 0 Å². The van der Waals surface area contributed by atoms with Gasteiger partial charge >= 0.3 is 0 Å². The second kappa shape index (κ2) is 7.43. The monoisotopic (exact) mass is 474 g/mol. The van der Waals surface area contributed by atoms with Crippen LogP contribution in [0.5, 0.6) is 0 Å². The third kappa shape index (κ3) is 3.11. The first-order valence-corrected chi connectivity index (χ1v) is 11.3. The van der Waals surface area contributed by atoms with E-state index < -0.39 is 0 Å². The lowest BCUT2D eigenvalue weighted by Gasteiger charge is -2.08. The molecule has 0 spiro atoms. The van der Waals surface area contributed by atoms with Gasteiger partial charge in [0.2, 0.25) is 0 Å². The summed E-state index contributed by atoms with van der Waals surface area (Å²) in [5.74, 6) is 0.814. The van der Waals surface area contributed by atoms with E-state index >= 15 is 0 Å². The molecule has 4 aromatic heterocycles. The standard InChI is InChI=1S/C24H18N12/c1-13-4-7-19-16(10-13)28-31-34(19)22-25-23(35-20-8-5-14(2)11-17(20)29-32-35)27-24(26-22)36-21-9-6-15(3)12-18(21)30-33-36/h4-12H,1-3H3. The maximum absolute atomic E-state index is 4.70. The van der Waals surface area contributed by atoms with E-state index in [-0.39, 0.29) is 17.8 Å². The molecule has 0 aliphatic rings. The Morgan fingerprint density at radius 2 is 0.750 bits per heavy atom. The number of fused-ring (bicyclic) bond motifs is 3. The summed E-state index contributed by atoms with van der Waals surface area (Å²) in [5, 5.41) is 25.9. The summed E-state index contributed by atoms with van der Waals surface area (Å²) in [5.41, 5.74) is 7.76. The molecule has 7 aromatic rings. The SMILES string of the molecule is Cc1ccc2c(c1)nnn2-c1nc(-n2nnc3cc(C)ccc32)nc(-n2nnc3cc(C)ccc32)n1. The van der Waals surface area contributed by atoms with Gasteiger partial charge in [-0.2, -0.15) is 29.0 Å². The highest BCUT2D eigenvalue weighted by Crippen LogP contribution is 2.21. The quantitative estimate of drug-likeness (QED) is 0.379. The van der Waals surface area contributed by atoms with E-state index in [0.29, 0.717) is 0 Å². The number of nitrogens with zero attached hydrogens (tertiary/aromatic N) is 12. The minimum atomic E-state index is 0.271. The van der Waals surface area contributed by atoms with Crippen molar-refractivity contribution >= 4 is 33.1 Å². The molecule has 0 saturated heterocycles. The van der Waals surface area contributed by atoms with Crippen LogP contribution >= 0.6 is 0 Å². The number of rotatable bonds is 3. The Hall–Kier alpha value is -5.13. The molecule has 0 radical (unpaired) electrons. The molecule has 0 saturated carbocycles. The molecule has 12 heteroatoms. The van der Waals surface area contributed by atoms with Crippen molar-refractivity contribution in [1.29, 1.82) is 0 Å². The highest BCUT2D eigenvalue weighted by molar-refractivity contribution is 5.78. The topological polar surface area (TPSA) is 131 Å². The maximum Gasteiger partial charge on any atom is 0.259 e. The third-order valence-corrected chi connectivity index (χ3v) is 5.97. The Kier molecular flexibility index (Phi) is 4.18. The molecule has 12 nitrogen and oxygen atoms in total. The van der Waals surface area contributed by atoms with Gasteiger partial charge in [-0.3, -0.25) is 0 Å². The molecular weight excluding hydrogens is 456 g/mol. The van der Waals surface area contributed by atoms with Crippen molar-refractivity contribution in [3.8, 4) is 17.8 Å². The first kappa shape index (κ1) is 20.3. The van der Waals surface area contributed by atoms with Crippen LogP contribution in [0.2, 0.25) is 0 Å². The van der Waals surface area contributed by atoms with Crippen molar-refractivity contribution in [2.45, 2.75) is 20.8 Å². The maximum atomic E-state index is 4.70. The van der Waals surface area contributed by atoms with Crippen LogP contribution < -0.4 is 0 Å². The predicted octanol–water partition coefficient (Wildman–Crippen LogP) is 3.00. The van der Waals surface area contributed by atoms with Crippen LogP contribution in [0.4, 0.5) is 0 Å². The molecule has 3 aromatic carbocycles. The molecule has 4 heterocycles. The summed E-state index contributed by atoms with van der Waals surface area (Å²) in [7, 11) is 0. The smallest absolute Gasteiger partial charge is 0.177 e. The fourth-order valence-electron chi connectivity index (χ4n) is 4.17. The summed E-state index contributed by atoms with van der Waals surface area (Å²) in [6, 6.07) is 17.7. The molecule has 0 aliphatic carbocycles. The van der Waals surface area contributed by atoms with E-state index in [0.717, 1.165) is 49.8 Å². The fraction of sp³-hybridized carbons (Fsp3) is 0.125. The molecule has 0 amide bonds. The number of hydrogen-bond acceptors (Lipinski definition) is 9. The van der Waals surface area contributed by atoms with E-state index in [4.69, 9.17) is 15.0 Å². The predicted molar refractivity (Wildman–Crippen MR) is 131 cm³/mol. The Morgan fingerprint density at radius 1 is 0.444 bits per heavy atom. The van der Waals surface area contributed by atoms with Gasteiger partial charge in [-0.15, -0.1) is 15.3 Å². The first-order chi connectivity index (χ1) is 17.5. The van der Waals surface area contributed by atoms with Crippen molar-refractivity contribution in [3.05, 3.63) is 71.3 Å². The van der Waals surface area contributed by atoms with Gasteiger partial charge < -0.3 is 0 Å². The molecule has 174 valence electrons. The minimum absolute atomic E-state index is 0.271. The van der Waals surface area contributed by atoms with Crippen LogP contribution in [-0.2, 0) is 0 Å². The highest BCUT2D eigenvalue weighted by atomic mass is 15.5. The van der Waals surface area contributed by atoms with E-state index in [1.165, 1.54) is 0 Å². The summed E-state index contributed by atoms with van der Waals surface area (Å²) in [6.45, 7) is 6.02. The van der Waals surface area contributed by atoms with Gasteiger partial charge in [0, 0.05) is 0 Å².